The zero-order valence-electron chi connectivity index (χ0n) is 10.4. The number of alkyl halides is 1. The van der Waals surface area contributed by atoms with Crippen molar-refractivity contribution in [1.82, 2.24) is 0 Å². The van der Waals surface area contributed by atoms with Gasteiger partial charge in [-0.1, -0.05) is 50.9 Å². The minimum atomic E-state index is 0.814. The van der Waals surface area contributed by atoms with Crippen molar-refractivity contribution in [3.05, 3.63) is 0 Å². The van der Waals surface area contributed by atoms with Gasteiger partial charge in [-0.2, -0.15) is 0 Å². The zero-order chi connectivity index (χ0) is 11.9. The zero-order valence-corrected chi connectivity index (χ0v) is 11.2. The predicted molar refractivity (Wildman–Crippen MR) is 73.5 cm³/mol. The van der Waals surface area contributed by atoms with Crippen LogP contribution in [0.15, 0.2) is 0 Å². The molecule has 0 N–H and O–H groups in total. The fourth-order valence-electron chi connectivity index (χ4n) is 1.43. The molecule has 0 radical (unpaired) electrons. The summed E-state index contributed by atoms with van der Waals surface area (Å²) < 4.78 is 0. The largest absolute Gasteiger partial charge is 0.127 e. The van der Waals surface area contributed by atoms with Gasteiger partial charge in [0, 0.05) is 18.7 Å². The molecule has 1 heteroatoms. The summed E-state index contributed by atoms with van der Waals surface area (Å²) >= 11 is 5.61. The second-order valence-electron chi connectivity index (χ2n) is 3.87. The predicted octanol–water partition coefficient (Wildman–Crippen LogP) is 4.76. The van der Waals surface area contributed by atoms with Crippen LogP contribution in [-0.2, 0) is 0 Å². The Morgan fingerprint density at radius 3 is 1.94 bits per heavy atom. The third kappa shape index (κ3) is 13.4. The monoisotopic (exact) mass is 238 g/mol. The standard InChI is InChI=1S/C15H23Cl/c1-2-3-4-5-6-7-8-9-10-11-12-13-14-15-16/h2,7-15H2,1H3. The molecule has 0 atom stereocenters. The lowest BCUT2D eigenvalue weighted by Gasteiger charge is -1.98. The molecule has 0 unspecified atom stereocenters. The molecule has 0 aromatic carbocycles. The van der Waals surface area contributed by atoms with Gasteiger partial charge in [0.25, 0.3) is 0 Å². The molecule has 0 heterocycles. The van der Waals surface area contributed by atoms with Crippen LogP contribution >= 0.6 is 11.6 Å². The number of rotatable bonds is 8. The number of hydrogen-bond donors (Lipinski definition) is 0. The van der Waals surface area contributed by atoms with Crippen LogP contribution in [-0.4, -0.2) is 5.88 Å². The smallest absolute Gasteiger partial charge is 0.0223 e. The van der Waals surface area contributed by atoms with Crippen molar-refractivity contribution in [1.29, 1.82) is 0 Å². The van der Waals surface area contributed by atoms with Crippen LogP contribution in [0.4, 0.5) is 0 Å². The number of hydrogen-bond acceptors (Lipinski definition) is 0. The van der Waals surface area contributed by atoms with Crippen LogP contribution in [0, 0.1) is 23.7 Å². The molecule has 16 heavy (non-hydrogen) atoms. The molecule has 0 saturated heterocycles. The summed E-state index contributed by atoms with van der Waals surface area (Å²) in [7, 11) is 0. The molecular formula is C15H23Cl. The molecule has 0 nitrogen and oxygen atoms in total. The van der Waals surface area contributed by atoms with Gasteiger partial charge >= 0.3 is 0 Å². The Labute approximate surface area is 106 Å². The molecule has 0 fully saturated rings. The highest BCUT2D eigenvalue weighted by Gasteiger charge is 1.90. The molecule has 0 aliphatic rings. The van der Waals surface area contributed by atoms with Crippen molar-refractivity contribution in [2.45, 2.75) is 64.7 Å². The maximum absolute atomic E-state index is 5.61. The SMILES string of the molecule is CCC#CC#CCCCCCCCCCCl. The Morgan fingerprint density at radius 2 is 1.31 bits per heavy atom. The van der Waals surface area contributed by atoms with E-state index in [9.17, 15) is 0 Å². The molecule has 0 aliphatic carbocycles. The van der Waals surface area contributed by atoms with Gasteiger partial charge in [0.15, 0.2) is 0 Å². The van der Waals surface area contributed by atoms with Crippen molar-refractivity contribution >= 4 is 11.6 Å². The van der Waals surface area contributed by atoms with Crippen molar-refractivity contribution < 1.29 is 0 Å². The van der Waals surface area contributed by atoms with Crippen LogP contribution in [0.5, 0.6) is 0 Å². The summed E-state index contributed by atoms with van der Waals surface area (Å²) in [5, 5.41) is 0. The van der Waals surface area contributed by atoms with E-state index in [2.05, 4.69) is 23.7 Å². The lowest BCUT2D eigenvalue weighted by Crippen LogP contribution is -1.81. The number of unbranched alkanes of at least 4 members (excludes halogenated alkanes) is 7. The van der Waals surface area contributed by atoms with E-state index in [1.54, 1.807) is 0 Å². The molecule has 0 aromatic rings. The van der Waals surface area contributed by atoms with Gasteiger partial charge in [0.1, 0.15) is 0 Å². The quantitative estimate of drug-likeness (QED) is 0.325. The third-order valence-corrected chi connectivity index (χ3v) is 2.62. The first-order valence-electron chi connectivity index (χ1n) is 6.43. The van der Waals surface area contributed by atoms with Gasteiger partial charge in [-0.25, -0.2) is 0 Å². The van der Waals surface area contributed by atoms with Gasteiger partial charge in [-0.05, 0) is 24.7 Å². The summed E-state index contributed by atoms with van der Waals surface area (Å²) in [4.78, 5) is 0. The average Bonchev–Trinajstić information content (AvgIpc) is 2.31. The first kappa shape index (κ1) is 15.4. The van der Waals surface area contributed by atoms with Gasteiger partial charge in [-0.3, -0.25) is 0 Å². The minimum absolute atomic E-state index is 0.814. The topological polar surface area (TPSA) is 0 Å². The summed E-state index contributed by atoms with van der Waals surface area (Å²) in [6, 6.07) is 0. The first-order valence-corrected chi connectivity index (χ1v) is 6.97. The Morgan fingerprint density at radius 1 is 0.750 bits per heavy atom. The lowest BCUT2D eigenvalue weighted by atomic mass is 10.1. The van der Waals surface area contributed by atoms with E-state index < -0.39 is 0 Å². The summed E-state index contributed by atoms with van der Waals surface area (Å²) in [6.07, 6.45) is 10.9. The van der Waals surface area contributed by atoms with Crippen LogP contribution in [0.25, 0.3) is 0 Å². The van der Waals surface area contributed by atoms with Gasteiger partial charge < -0.3 is 0 Å². The highest BCUT2D eigenvalue weighted by molar-refractivity contribution is 6.17. The number of halogens is 1. The third-order valence-electron chi connectivity index (χ3n) is 2.35. The Balaban J connectivity index is 3.11. The Bertz CT molecular complexity index is 246. The van der Waals surface area contributed by atoms with Crippen molar-refractivity contribution in [3.8, 4) is 23.7 Å². The second kappa shape index (κ2) is 14.4. The maximum Gasteiger partial charge on any atom is 0.0223 e. The fourth-order valence-corrected chi connectivity index (χ4v) is 1.62. The highest BCUT2D eigenvalue weighted by Crippen LogP contribution is 2.08. The van der Waals surface area contributed by atoms with Gasteiger partial charge in [0.2, 0.25) is 0 Å². The Kier molecular flexibility index (Phi) is 13.9. The van der Waals surface area contributed by atoms with Crippen molar-refractivity contribution in [3.63, 3.8) is 0 Å². The molecule has 0 amide bonds. The van der Waals surface area contributed by atoms with Gasteiger partial charge in [-0.15, -0.1) is 11.6 Å². The van der Waals surface area contributed by atoms with Crippen LogP contribution in [0.1, 0.15) is 64.7 Å². The van der Waals surface area contributed by atoms with E-state index in [4.69, 9.17) is 11.6 Å². The summed E-state index contributed by atoms with van der Waals surface area (Å²) in [6.45, 7) is 2.04. The fraction of sp³-hybridized carbons (Fsp3) is 0.733. The van der Waals surface area contributed by atoms with Crippen LogP contribution < -0.4 is 0 Å². The average molecular weight is 239 g/mol. The molecule has 0 aliphatic heterocycles. The molecule has 0 spiro atoms. The van der Waals surface area contributed by atoms with Crippen LogP contribution in [0.2, 0.25) is 0 Å². The maximum atomic E-state index is 5.61. The molecule has 0 aromatic heterocycles. The van der Waals surface area contributed by atoms with E-state index >= 15 is 0 Å². The molecule has 0 rings (SSSR count). The van der Waals surface area contributed by atoms with E-state index in [0.717, 1.165) is 18.7 Å². The normalized spacial score (nSPS) is 8.88. The summed E-state index contributed by atoms with van der Waals surface area (Å²) in [5.41, 5.74) is 0. The Hall–Kier alpha value is -0.590. The molecular weight excluding hydrogens is 216 g/mol. The summed E-state index contributed by atoms with van der Waals surface area (Å²) in [5.74, 6) is 12.6. The van der Waals surface area contributed by atoms with E-state index in [1.165, 1.54) is 44.9 Å². The van der Waals surface area contributed by atoms with E-state index in [0.29, 0.717) is 0 Å². The lowest BCUT2D eigenvalue weighted by molar-refractivity contribution is 0.595. The molecule has 0 saturated carbocycles. The van der Waals surface area contributed by atoms with Crippen LogP contribution in [0.3, 0.4) is 0 Å². The van der Waals surface area contributed by atoms with Crippen molar-refractivity contribution in [2.24, 2.45) is 0 Å². The molecule has 0 bridgehead atoms. The highest BCUT2D eigenvalue weighted by atomic mass is 35.5. The van der Waals surface area contributed by atoms with E-state index in [-0.39, 0.29) is 0 Å². The van der Waals surface area contributed by atoms with Gasteiger partial charge in [0.05, 0.1) is 0 Å². The van der Waals surface area contributed by atoms with E-state index in [1.807, 2.05) is 6.92 Å². The van der Waals surface area contributed by atoms with Crippen molar-refractivity contribution in [2.75, 3.05) is 5.88 Å². The first-order chi connectivity index (χ1) is 7.91. The minimum Gasteiger partial charge on any atom is -0.127 e. The molecule has 90 valence electrons. The second-order valence-corrected chi connectivity index (χ2v) is 4.25.